The number of anilines is 2. The predicted molar refractivity (Wildman–Crippen MR) is 75.7 cm³/mol. The number of nitrogens with one attached hydrogen (secondary N) is 1. The minimum Gasteiger partial charge on any atom is -0.394 e. The lowest BCUT2D eigenvalue weighted by Crippen LogP contribution is -2.35. The van der Waals surface area contributed by atoms with Gasteiger partial charge >= 0.3 is 0 Å². The van der Waals surface area contributed by atoms with Gasteiger partial charge in [0.15, 0.2) is 5.82 Å². The van der Waals surface area contributed by atoms with Crippen LogP contribution in [0.2, 0.25) is 0 Å². The largest absolute Gasteiger partial charge is 0.394 e. The number of benzene rings is 1. The van der Waals surface area contributed by atoms with Crippen LogP contribution in [0.25, 0.3) is 0 Å². The lowest BCUT2D eigenvalue weighted by atomic mass is 9.84. The van der Waals surface area contributed by atoms with Crippen molar-refractivity contribution in [3.63, 3.8) is 0 Å². The van der Waals surface area contributed by atoms with E-state index in [1.54, 1.807) is 11.7 Å². The van der Waals surface area contributed by atoms with Gasteiger partial charge in [-0.3, -0.25) is 9.48 Å². The van der Waals surface area contributed by atoms with Crippen LogP contribution >= 0.6 is 0 Å². The average molecular weight is 258 g/mol. The molecule has 0 bridgehead atoms. The highest BCUT2D eigenvalue weighted by molar-refractivity contribution is 5.99. The fraction of sp³-hybridized carbons (Fsp3) is 0.286. The van der Waals surface area contributed by atoms with E-state index in [1.807, 2.05) is 44.2 Å². The molecule has 5 heteroatoms. The summed E-state index contributed by atoms with van der Waals surface area (Å²) in [6.45, 7) is 3.76. The average Bonchev–Trinajstić information content (AvgIpc) is 2.71. The first kappa shape index (κ1) is 13.1. The van der Waals surface area contributed by atoms with Crippen molar-refractivity contribution in [2.75, 3.05) is 11.1 Å². The smallest absolute Gasteiger partial charge is 0.235 e. The molecule has 1 aromatic carbocycles. The number of amides is 1. The summed E-state index contributed by atoms with van der Waals surface area (Å²) >= 11 is 0. The van der Waals surface area contributed by atoms with Crippen LogP contribution in [-0.2, 0) is 17.3 Å². The number of carbonyl (C=O) groups is 1. The van der Waals surface area contributed by atoms with Crippen LogP contribution in [0, 0.1) is 0 Å². The highest BCUT2D eigenvalue weighted by Crippen LogP contribution is 2.26. The van der Waals surface area contributed by atoms with E-state index in [1.165, 1.54) is 6.20 Å². The Morgan fingerprint density at radius 2 is 1.95 bits per heavy atom. The van der Waals surface area contributed by atoms with Crippen LogP contribution < -0.4 is 11.1 Å². The minimum atomic E-state index is -0.641. The molecule has 0 atom stereocenters. The second-order valence-corrected chi connectivity index (χ2v) is 5.02. The number of nitrogens with two attached hydrogens (primary N) is 1. The molecule has 1 aromatic heterocycles. The summed E-state index contributed by atoms with van der Waals surface area (Å²) in [5.41, 5.74) is 6.54. The standard InChI is InChI=1S/C14H18N4O/c1-14(2,10-7-5-4-6-8-10)13(19)17-12-11(15)9-16-18(12)3/h4-9H,15H2,1-3H3,(H,17,19). The van der Waals surface area contributed by atoms with Crippen molar-refractivity contribution in [2.24, 2.45) is 7.05 Å². The number of carbonyl (C=O) groups excluding carboxylic acids is 1. The van der Waals surface area contributed by atoms with Crippen molar-refractivity contribution < 1.29 is 4.79 Å². The Bertz CT molecular complexity index is 567. The van der Waals surface area contributed by atoms with Crippen molar-refractivity contribution in [3.8, 4) is 0 Å². The molecule has 0 unspecified atom stereocenters. The van der Waals surface area contributed by atoms with Gasteiger partial charge in [-0.2, -0.15) is 5.10 Å². The van der Waals surface area contributed by atoms with E-state index in [0.717, 1.165) is 5.56 Å². The molecule has 0 aliphatic heterocycles. The molecule has 19 heavy (non-hydrogen) atoms. The van der Waals surface area contributed by atoms with Crippen molar-refractivity contribution in [3.05, 3.63) is 42.1 Å². The Hall–Kier alpha value is -2.30. The number of nitrogens with zero attached hydrogens (tertiary/aromatic N) is 2. The number of aryl methyl sites for hydroxylation is 1. The summed E-state index contributed by atoms with van der Waals surface area (Å²) in [6, 6.07) is 9.64. The van der Waals surface area contributed by atoms with Gasteiger partial charge in [-0.05, 0) is 19.4 Å². The molecule has 3 N–H and O–H groups in total. The molecule has 0 aliphatic rings. The Morgan fingerprint density at radius 3 is 2.47 bits per heavy atom. The van der Waals surface area contributed by atoms with Gasteiger partial charge < -0.3 is 11.1 Å². The third-order valence-electron chi connectivity index (χ3n) is 3.26. The van der Waals surface area contributed by atoms with Gasteiger partial charge in [0.05, 0.1) is 17.3 Å². The normalized spacial score (nSPS) is 11.3. The number of rotatable bonds is 3. The molecule has 0 saturated heterocycles. The monoisotopic (exact) mass is 258 g/mol. The van der Waals surface area contributed by atoms with Gasteiger partial charge in [-0.1, -0.05) is 30.3 Å². The van der Waals surface area contributed by atoms with Gasteiger partial charge in [0, 0.05) is 7.05 Å². The molecule has 0 saturated carbocycles. The third kappa shape index (κ3) is 2.45. The van der Waals surface area contributed by atoms with E-state index < -0.39 is 5.41 Å². The maximum Gasteiger partial charge on any atom is 0.235 e. The van der Waals surface area contributed by atoms with Crippen LogP contribution in [0.3, 0.4) is 0 Å². The van der Waals surface area contributed by atoms with Crippen LogP contribution in [0.15, 0.2) is 36.5 Å². The number of aromatic nitrogens is 2. The van der Waals surface area contributed by atoms with Crippen molar-refractivity contribution in [1.82, 2.24) is 9.78 Å². The summed E-state index contributed by atoms with van der Waals surface area (Å²) in [6.07, 6.45) is 1.52. The van der Waals surface area contributed by atoms with Crippen molar-refractivity contribution in [2.45, 2.75) is 19.3 Å². The van der Waals surface area contributed by atoms with Gasteiger partial charge in [0.25, 0.3) is 0 Å². The second kappa shape index (κ2) is 4.76. The van der Waals surface area contributed by atoms with E-state index in [-0.39, 0.29) is 5.91 Å². The van der Waals surface area contributed by atoms with E-state index >= 15 is 0 Å². The summed E-state index contributed by atoms with van der Waals surface area (Å²) in [5.74, 6) is 0.406. The van der Waals surface area contributed by atoms with Gasteiger partial charge in [-0.15, -0.1) is 0 Å². The fourth-order valence-electron chi connectivity index (χ4n) is 1.86. The SMILES string of the molecule is Cn1ncc(N)c1NC(=O)C(C)(C)c1ccccc1. The molecule has 0 aliphatic carbocycles. The predicted octanol–water partition coefficient (Wildman–Crippen LogP) is 1.92. The Morgan fingerprint density at radius 1 is 1.32 bits per heavy atom. The van der Waals surface area contributed by atoms with Crippen LogP contribution in [-0.4, -0.2) is 15.7 Å². The van der Waals surface area contributed by atoms with Gasteiger partial charge in [0.2, 0.25) is 5.91 Å². The Balaban J connectivity index is 2.25. The summed E-state index contributed by atoms with van der Waals surface area (Å²) in [7, 11) is 1.74. The molecular formula is C14H18N4O. The summed E-state index contributed by atoms with van der Waals surface area (Å²) < 4.78 is 1.55. The molecule has 0 spiro atoms. The molecule has 5 nitrogen and oxygen atoms in total. The number of hydrogen-bond acceptors (Lipinski definition) is 3. The zero-order valence-corrected chi connectivity index (χ0v) is 11.3. The zero-order chi connectivity index (χ0) is 14.0. The first-order valence-corrected chi connectivity index (χ1v) is 6.07. The molecule has 0 fully saturated rings. The lowest BCUT2D eigenvalue weighted by molar-refractivity contribution is -0.120. The van der Waals surface area contributed by atoms with Gasteiger partial charge in [0.1, 0.15) is 0 Å². The maximum absolute atomic E-state index is 12.4. The van der Waals surface area contributed by atoms with Crippen molar-refractivity contribution >= 4 is 17.4 Å². The lowest BCUT2D eigenvalue weighted by Gasteiger charge is -2.24. The zero-order valence-electron chi connectivity index (χ0n) is 11.3. The fourth-order valence-corrected chi connectivity index (χ4v) is 1.86. The quantitative estimate of drug-likeness (QED) is 0.883. The Kier molecular flexibility index (Phi) is 3.29. The number of nitrogen functional groups attached to an aromatic ring is 1. The molecule has 100 valence electrons. The number of hydrogen-bond donors (Lipinski definition) is 2. The highest BCUT2D eigenvalue weighted by atomic mass is 16.2. The molecule has 1 amide bonds. The molecule has 2 rings (SSSR count). The van der Waals surface area contributed by atoms with Crippen LogP contribution in [0.4, 0.5) is 11.5 Å². The summed E-state index contributed by atoms with van der Waals surface area (Å²) in [5, 5.41) is 6.83. The molecule has 0 radical (unpaired) electrons. The van der Waals surface area contributed by atoms with E-state index in [2.05, 4.69) is 10.4 Å². The highest BCUT2D eigenvalue weighted by Gasteiger charge is 2.30. The van der Waals surface area contributed by atoms with Gasteiger partial charge in [-0.25, -0.2) is 0 Å². The molecule has 2 aromatic rings. The van der Waals surface area contributed by atoms with Crippen molar-refractivity contribution in [1.29, 1.82) is 0 Å². The first-order chi connectivity index (χ1) is 8.93. The molecule has 1 heterocycles. The minimum absolute atomic E-state index is 0.117. The topological polar surface area (TPSA) is 72.9 Å². The Labute approximate surface area is 112 Å². The first-order valence-electron chi connectivity index (χ1n) is 6.07. The molecular weight excluding hydrogens is 240 g/mol. The third-order valence-corrected chi connectivity index (χ3v) is 3.26. The van der Waals surface area contributed by atoms with E-state index in [9.17, 15) is 4.79 Å². The summed E-state index contributed by atoms with van der Waals surface area (Å²) in [4.78, 5) is 12.4. The van der Waals surface area contributed by atoms with Crippen LogP contribution in [0.5, 0.6) is 0 Å². The maximum atomic E-state index is 12.4. The van der Waals surface area contributed by atoms with E-state index in [0.29, 0.717) is 11.5 Å². The van der Waals surface area contributed by atoms with E-state index in [4.69, 9.17) is 5.73 Å². The van der Waals surface area contributed by atoms with Crippen LogP contribution in [0.1, 0.15) is 19.4 Å². The second-order valence-electron chi connectivity index (χ2n) is 5.02.